The van der Waals surface area contributed by atoms with Crippen molar-refractivity contribution in [3.05, 3.63) is 53.1 Å². The maximum Gasteiger partial charge on any atom is 0.172 e. The zero-order chi connectivity index (χ0) is 14.8. The minimum Gasteiger partial charge on any atom is -0.493 e. The van der Waals surface area contributed by atoms with Crippen LogP contribution in [0, 0.1) is 0 Å². The van der Waals surface area contributed by atoms with Gasteiger partial charge in [0.1, 0.15) is 12.0 Å². The van der Waals surface area contributed by atoms with Gasteiger partial charge in [-0.2, -0.15) is 0 Å². The van der Waals surface area contributed by atoms with Crippen LogP contribution in [0.4, 0.5) is 0 Å². The fourth-order valence-electron chi connectivity index (χ4n) is 2.46. The van der Waals surface area contributed by atoms with Crippen LogP contribution in [0.15, 0.2) is 36.4 Å². The van der Waals surface area contributed by atoms with Crippen LogP contribution in [-0.2, 0) is 6.42 Å². The first-order valence-corrected chi connectivity index (χ1v) is 6.69. The molecule has 2 aromatic rings. The number of methoxy groups -OCH3 is 1. The van der Waals surface area contributed by atoms with E-state index in [9.17, 15) is 9.59 Å². The van der Waals surface area contributed by atoms with Crippen molar-refractivity contribution < 1.29 is 19.1 Å². The Bertz CT molecular complexity index is 719. The molecule has 1 aliphatic rings. The first-order chi connectivity index (χ1) is 10.2. The van der Waals surface area contributed by atoms with Crippen LogP contribution in [0.5, 0.6) is 17.2 Å². The van der Waals surface area contributed by atoms with Crippen molar-refractivity contribution in [3.8, 4) is 17.2 Å². The molecule has 1 heterocycles. The first kappa shape index (κ1) is 13.4. The molecule has 106 valence electrons. The van der Waals surface area contributed by atoms with Gasteiger partial charge in [0.05, 0.1) is 12.7 Å². The highest BCUT2D eigenvalue weighted by molar-refractivity contribution is 6.00. The Kier molecular flexibility index (Phi) is 3.44. The van der Waals surface area contributed by atoms with E-state index >= 15 is 0 Å². The Morgan fingerprint density at radius 2 is 2.05 bits per heavy atom. The number of para-hydroxylation sites is 1. The predicted molar refractivity (Wildman–Crippen MR) is 77.5 cm³/mol. The van der Waals surface area contributed by atoms with Crippen LogP contribution in [0.1, 0.15) is 32.7 Å². The molecule has 0 atom stereocenters. The Labute approximate surface area is 122 Å². The Morgan fingerprint density at radius 3 is 2.81 bits per heavy atom. The monoisotopic (exact) mass is 282 g/mol. The minimum absolute atomic E-state index is 0.0258. The van der Waals surface area contributed by atoms with Gasteiger partial charge in [-0.15, -0.1) is 0 Å². The van der Waals surface area contributed by atoms with Crippen LogP contribution < -0.4 is 9.47 Å². The van der Waals surface area contributed by atoms with Crippen LogP contribution in [0.3, 0.4) is 0 Å². The van der Waals surface area contributed by atoms with E-state index in [0.29, 0.717) is 41.2 Å². The largest absolute Gasteiger partial charge is 0.493 e. The van der Waals surface area contributed by atoms with Crippen molar-refractivity contribution in [1.29, 1.82) is 0 Å². The molecular formula is C17H14O4. The Balaban J connectivity index is 2.14. The number of ketones is 1. The number of benzene rings is 2. The summed E-state index contributed by atoms with van der Waals surface area (Å²) in [5.74, 6) is 1.69. The van der Waals surface area contributed by atoms with Crippen LogP contribution in [-0.4, -0.2) is 19.2 Å². The number of aryl methyl sites for hydroxylation is 1. The lowest BCUT2D eigenvalue weighted by Gasteiger charge is -2.19. The van der Waals surface area contributed by atoms with Gasteiger partial charge in [-0.3, -0.25) is 9.59 Å². The average molecular weight is 282 g/mol. The van der Waals surface area contributed by atoms with Crippen LogP contribution in [0.25, 0.3) is 0 Å². The molecule has 0 spiro atoms. The summed E-state index contributed by atoms with van der Waals surface area (Å²) in [7, 11) is 1.58. The van der Waals surface area contributed by atoms with Gasteiger partial charge in [0.15, 0.2) is 17.3 Å². The number of carbonyl (C=O) groups is 2. The van der Waals surface area contributed by atoms with Gasteiger partial charge in [0, 0.05) is 12.0 Å². The SMILES string of the molecule is COc1cccc2c1Oc1ccc(C=O)cc1C(=O)CC2. The number of rotatable bonds is 2. The lowest BCUT2D eigenvalue weighted by Crippen LogP contribution is -2.09. The molecule has 4 heteroatoms. The van der Waals surface area contributed by atoms with E-state index in [1.54, 1.807) is 25.3 Å². The number of Topliss-reactive ketones (excluding diaryl/α,β-unsaturated/α-hetero) is 1. The summed E-state index contributed by atoms with van der Waals surface area (Å²) in [4.78, 5) is 23.1. The van der Waals surface area contributed by atoms with E-state index < -0.39 is 0 Å². The maximum absolute atomic E-state index is 12.3. The molecule has 0 fully saturated rings. The topological polar surface area (TPSA) is 52.6 Å². The summed E-state index contributed by atoms with van der Waals surface area (Å²) < 4.78 is 11.2. The zero-order valence-corrected chi connectivity index (χ0v) is 11.6. The number of carbonyl (C=O) groups excluding carboxylic acids is 2. The normalized spacial score (nSPS) is 13.3. The second kappa shape index (κ2) is 5.40. The number of hydrogen-bond donors (Lipinski definition) is 0. The molecule has 0 unspecified atom stereocenters. The molecule has 0 N–H and O–H groups in total. The summed E-state index contributed by atoms with van der Waals surface area (Å²) in [5, 5.41) is 0. The quantitative estimate of drug-likeness (QED) is 0.792. The van der Waals surface area contributed by atoms with Crippen molar-refractivity contribution in [2.24, 2.45) is 0 Å². The third-order valence-electron chi connectivity index (χ3n) is 3.55. The number of hydrogen-bond acceptors (Lipinski definition) is 4. The smallest absolute Gasteiger partial charge is 0.172 e. The van der Waals surface area contributed by atoms with Gasteiger partial charge in [0.25, 0.3) is 0 Å². The molecule has 0 saturated carbocycles. The van der Waals surface area contributed by atoms with Crippen LogP contribution >= 0.6 is 0 Å². The molecule has 0 radical (unpaired) electrons. The van der Waals surface area contributed by atoms with E-state index in [2.05, 4.69) is 0 Å². The molecule has 0 aromatic heterocycles. The molecule has 2 aromatic carbocycles. The van der Waals surface area contributed by atoms with Gasteiger partial charge < -0.3 is 9.47 Å². The molecule has 0 aliphatic carbocycles. The number of aldehydes is 1. The molecule has 4 nitrogen and oxygen atoms in total. The molecular weight excluding hydrogens is 268 g/mol. The molecule has 0 amide bonds. The molecule has 0 bridgehead atoms. The summed E-state index contributed by atoms with van der Waals surface area (Å²) in [6, 6.07) is 10.5. The average Bonchev–Trinajstić information content (AvgIpc) is 2.52. The van der Waals surface area contributed by atoms with Gasteiger partial charge in [-0.25, -0.2) is 0 Å². The number of ether oxygens (including phenoxy) is 2. The minimum atomic E-state index is -0.0258. The van der Waals surface area contributed by atoms with Gasteiger partial charge in [-0.1, -0.05) is 12.1 Å². The molecule has 0 saturated heterocycles. The van der Waals surface area contributed by atoms with Gasteiger partial charge in [0.2, 0.25) is 0 Å². The van der Waals surface area contributed by atoms with Crippen LogP contribution in [0.2, 0.25) is 0 Å². The van der Waals surface area contributed by atoms with Gasteiger partial charge >= 0.3 is 0 Å². The molecule has 1 aliphatic heterocycles. The summed E-state index contributed by atoms with van der Waals surface area (Å²) in [6.07, 6.45) is 1.68. The zero-order valence-electron chi connectivity index (χ0n) is 11.6. The summed E-state index contributed by atoms with van der Waals surface area (Å²) in [6.45, 7) is 0. The van der Waals surface area contributed by atoms with E-state index in [1.165, 1.54) is 0 Å². The lowest BCUT2D eigenvalue weighted by atomic mass is 9.98. The summed E-state index contributed by atoms with van der Waals surface area (Å²) in [5.41, 5.74) is 1.84. The lowest BCUT2D eigenvalue weighted by molar-refractivity contribution is 0.0978. The van der Waals surface area contributed by atoms with Crippen molar-refractivity contribution >= 4 is 12.1 Å². The second-order valence-electron chi connectivity index (χ2n) is 4.85. The van der Waals surface area contributed by atoms with Gasteiger partial charge in [-0.05, 0) is 36.2 Å². The molecule has 3 rings (SSSR count). The highest BCUT2D eigenvalue weighted by Crippen LogP contribution is 2.39. The van der Waals surface area contributed by atoms with Crippen molar-refractivity contribution in [3.63, 3.8) is 0 Å². The maximum atomic E-state index is 12.3. The third kappa shape index (κ3) is 2.40. The van der Waals surface area contributed by atoms with Crippen molar-refractivity contribution in [2.75, 3.05) is 7.11 Å². The highest BCUT2D eigenvalue weighted by atomic mass is 16.5. The van der Waals surface area contributed by atoms with E-state index in [-0.39, 0.29) is 5.78 Å². The standard InChI is InChI=1S/C17H14O4/c1-20-16-4-2-3-12-6-7-14(19)13-9-11(10-18)5-8-15(13)21-17(12)16/h2-5,8-10H,6-7H2,1H3. The highest BCUT2D eigenvalue weighted by Gasteiger charge is 2.21. The molecule has 21 heavy (non-hydrogen) atoms. The van der Waals surface area contributed by atoms with E-state index in [0.717, 1.165) is 11.8 Å². The second-order valence-corrected chi connectivity index (χ2v) is 4.85. The van der Waals surface area contributed by atoms with E-state index in [4.69, 9.17) is 9.47 Å². The predicted octanol–water partition coefficient (Wildman–Crippen LogP) is 3.43. The van der Waals surface area contributed by atoms with Crippen molar-refractivity contribution in [2.45, 2.75) is 12.8 Å². The Hall–Kier alpha value is -2.62. The fourth-order valence-corrected chi connectivity index (χ4v) is 2.46. The van der Waals surface area contributed by atoms with Crippen molar-refractivity contribution in [1.82, 2.24) is 0 Å². The Morgan fingerprint density at radius 1 is 1.19 bits per heavy atom. The first-order valence-electron chi connectivity index (χ1n) is 6.69. The number of fused-ring (bicyclic) bond motifs is 2. The van der Waals surface area contributed by atoms with E-state index in [1.807, 2.05) is 18.2 Å². The summed E-state index contributed by atoms with van der Waals surface area (Å²) >= 11 is 0. The fraction of sp³-hybridized carbons (Fsp3) is 0.176. The third-order valence-corrected chi connectivity index (χ3v) is 3.55.